The normalized spacial score (nSPS) is 27.0. The molecule has 7 rings (SSSR count). The minimum absolute atomic E-state index is 0.00416. The summed E-state index contributed by atoms with van der Waals surface area (Å²) in [5.41, 5.74) is -0.912. The highest BCUT2D eigenvalue weighted by Crippen LogP contribution is 2.48. The average Bonchev–Trinajstić information content (AvgIpc) is 4.10. The molecule has 1 saturated heterocycles. The molecule has 1 aromatic carbocycles. The number of aromatic nitrogens is 2. The Morgan fingerprint density at radius 2 is 1.80 bits per heavy atom. The van der Waals surface area contributed by atoms with Crippen molar-refractivity contribution < 1.29 is 41.8 Å². The molecular weight excluding hydrogens is 839 g/mol. The van der Waals surface area contributed by atoms with Gasteiger partial charge in [0.25, 0.3) is 5.91 Å². The molecule has 4 heterocycles. The van der Waals surface area contributed by atoms with Gasteiger partial charge in [-0.25, -0.2) is 23.2 Å². The van der Waals surface area contributed by atoms with Crippen molar-refractivity contribution in [2.45, 2.75) is 140 Å². The fourth-order valence-corrected chi connectivity index (χ4v) is 10.00. The second-order valence-electron chi connectivity index (χ2n) is 19.7. The number of rotatable bonds is 10. The largest absolute Gasteiger partial charge is 0.497 e. The van der Waals surface area contributed by atoms with Gasteiger partial charge in [-0.15, -0.1) is 0 Å². The first kappa shape index (κ1) is 46.5. The summed E-state index contributed by atoms with van der Waals surface area (Å²) in [6.45, 7) is 14.9. The number of carbonyl (C=O) groups excluding carboxylic acids is 4. The van der Waals surface area contributed by atoms with Crippen LogP contribution in [-0.2, 0) is 24.4 Å². The third-order valence-corrected chi connectivity index (χ3v) is 14.9. The minimum atomic E-state index is -4.03. The van der Waals surface area contributed by atoms with E-state index in [1.165, 1.54) is 4.90 Å². The van der Waals surface area contributed by atoms with Crippen molar-refractivity contribution in [2.24, 2.45) is 17.8 Å². The molecule has 4 N–H and O–H groups in total. The van der Waals surface area contributed by atoms with Gasteiger partial charge in [0.1, 0.15) is 29.5 Å². The van der Waals surface area contributed by atoms with E-state index in [-0.39, 0.29) is 43.2 Å². The lowest BCUT2D eigenvalue weighted by molar-refractivity contribution is -0.142. The zero-order valence-corrected chi connectivity index (χ0v) is 39.1. The number of nitrogens with one attached hydrogen (secondary N) is 4. The topological polar surface area (TPSA) is 207 Å². The lowest BCUT2D eigenvalue weighted by Crippen LogP contribution is -2.60. The van der Waals surface area contributed by atoms with Crippen molar-refractivity contribution in [3.63, 3.8) is 0 Å². The van der Waals surface area contributed by atoms with Crippen molar-refractivity contribution >= 4 is 44.5 Å². The van der Waals surface area contributed by atoms with Gasteiger partial charge in [0.05, 0.1) is 30.2 Å². The van der Waals surface area contributed by atoms with Gasteiger partial charge >= 0.3 is 6.03 Å². The lowest BCUT2D eigenvalue weighted by atomic mass is 9.88. The number of carbonyl (C=O) groups is 4. The summed E-state index contributed by atoms with van der Waals surface area (Å²) in [5.74, 6) is -1.26. The first-order valence-corrected chi connectivity index (χ1v) is 23.8. The van der Waals surface area contributed by atoms with Crippen LogP contribution in [0.1, 0.15) is 100 Å². The maximum atomic E-state index is 15.1. The number of pyridine rings is 2. The summed E-state index contributed by atoms with van der Waals surface area (Å²) < 4.78 is 46.0. The molecule has 0 unspecified atom stereocenters. The van der Waals surface area contributed by atoms with Crippen LogP contribution in [0, 0.1) is 17.8 Å². The molecule has 2 aliphatic heterocycles. The van der Waals surface area contributed by atoms with E-state index in [1.807, 2.05) is 78.0 Å². The molecule has 0 bridgehead atoms. The molecule has 2 saturated carbocycles. The maximum Gasteiger partial charge on any atom is 0.315 e. The van der Waals surface area contributed by atoms with Crippen LogP contribution in [0.15, 0.2) is 54.7 Å². The average molecular weight is 902 g/mol. The number of sulfonamides is 1. The van der Waals surface area contributed by atoms with E-state index in [0.717, 1.165) is 11.8 Å². The van der Waals surface area contributed by atoms with Crippen molar-refractivity contribution in [3.8, 4) is 28.8 Å². The van der Waals surface area contributed by atoms with E-state index in [1.54, 1.807) is 32.4 Å². The minimum Gasteiger partial charge on any atom is -0.497 e. The summed E-state index contributed by atoms with van der Waals surface area (Å²) in [7, 11) is -2.45. The van der Waals surface area contributed by atoms with E-state index >= 15 is 4.79 Å². The van der Waals surface area contributed by atoms with Crippen molar-refractivity contribution in [1.82, 2.24) is 35.5 Å². The van der Waals surface area contributed by atoms with Gasteiger partial charge in [0.15, 0.2) is 0 Å². The third-order valence-electron chi connectivity index (χ3n) is 12.7. The van der Waals surface area contributed by atoms with E-state index in [4.69, 9.17) is 19.2 Å². The van der Waals surface area contributed by atoms with Gasteiger partial charge in [0.2, 0.25) is 33.6 Å². The Balaban J connectivity index is 1.26. The van der Waals surface area contributed by atoms with Gasteiger partial charge in [-0.05, 0) is 128 Å². The van der Waals surface area contributed by atoms with Gasteiger partial charge in [-0.3, -0.25) is 19.1 Å². The standard InChI is InChI=1S/C47H63N7O9S/c1-27(2)62-38-17-14-30(25-48-38)36-22-31-21-33(61-9)15-16-35(31)41(49-36)63-34-23-37-40(55)51-47(43(57)53-64(59,60)46(8)18-19-46)24-32(47)13-11-10-12-28(3)20-29(4)39(42(56)54(37)26-34)50-44(58)52-45(5,6)7/h11,13-17,21-22,25,27-29,32,34,37,39H,10,12,18-20,23-24,26H2,1-9H3,(H,51,55)(H,53,57)(H2,50,52,58)/t28-,29+,32+,34+,37-,39-,47+/m0/s1. The maximum absolute atomic E-state index is 15.1. The Kier molecular flexibility index (Phi) is 13.0. The van der Waals surface area contributed by atoms with E-state index < -0.39 is 73.7 Å². The predicted octanol–water partition coefficient (Wildman–Crippen LogP) is 5.79. The number of nitrogens with zero attached hydrogens (tertiary/aromatic N) is 3. The number of hydrogen-bond donors (Lipinski definition) is 4. The van der Waals surface area contributed by atoms with Gasteiger partial charge in [0, 0.05) is 41.1 Å². The Morgan fingerprint density at radius 3 is 2.45 bits per heavy atom. The van der Waals surface area contributed by atoms with Crippen LogP contribution in [0.5, 0.6) is 17.5 Å². The predicted molar refractivity (Wildman–Crippen MR) is 242 cm³/mol. The first-order chi connectivity index (χ1) is 30.1. The SMILES string of the molecule is COc1ccc2c(O[C@@H]3C[C@H]4C(=O)N[C@]5(C(=O)NS(=O)(=O)C6(C)CC6)C[C@H]5C=CCC[C@H](C)C[C@@H](C)[C@H](NC(=O)NC(C)(C)C)C(=O)N4C3)nc(-c3ccc(OC(C)C)nc3)cc2c1. The highest BCUT2D eigenvalue weighted by atomic mass is 32.2. The molecule has 0 spiro atoms. The summed E-state index contributed by atoms with van der Waals surface area (Å²) in [6, 6.07) is 8.29. The Hall–Kier alpha value is -5.45. The summed E-state index contributed by atoms with van der Waals surface area (Å²) in [6.07, 6.45) is 7.75. The molecule has 2 aliphatic carbocycles. The van der Waals surface area contributed by atoms with Gasteiger partial charge in [-0.2, -0.15) is 0 Å². The Labute approximate surface area is 376 Å². The summed E-state index contributed by atoms with van der Waals surface area (Å²) >= 11 is 0. The van der Waals surface area contributed by atoms with Crippen LogP contribution >= 0.6 is 0 Å². The van der Waals surface area contributed by atoms with Gasteiger partial charge in [-0.1, -0.05) is 26.0 Å². The fourth-order valence-electron chi connectivity index (χ4n) is 8.68. The molecule has 346 valence electrons. The van der Waals surface area contributed by atoms with Crippen LogP contribution in [-0.4, -0.2) is 101 Å². The summed E-state index contributed by atoms with van der Waals surface area (Å²) in [4.78, 5) is 68.3. The number of amides is 5. The van der Waals surface area contributed by atoms with E-state index in [2.05, 4.69) is 32.6 Å². The number of allylic oxidation sites excluding steroid dienone is 1. The molecule has 5 amide bonds. The molecule has 64 heavy (non-hydrogen) atoms. The van der Waals surface area contributed by atoms with Crippen molar-refractivity contribution in [2.75, 3.05) is 13.7 Å². The molecule has 3 fully saturated rings. The lowest BCUT2D eigenvalue weighted by Gasteiger charge is -2.33. The number of benzene rings is 1. The molecule has 17 heteroatoms. The molecule has 3 aromatic rings. The molecule has 7 atom stereocenters. The fraction of sp³-hybridized carbons (Fsp3) is 0.574. The highest BCUT2D eigenvalue weighted by molar-refractivity contribution is 7.91. The number of fused-ring (bicyclic) bond motifs is 3. The molecule has 0 radical (unpaired) electrons. The number of ether oxygens (including phenoxy) is 3. The van der Waals surface area contributed by atoms with Crippen LogP contribution in [0.25, 0.3) is 22.0 Å². The number of hydrogen-bond acceptors (Lipinski definition) is 11. The quantitative estimate of drug-likeness (QED) is 0.179. The molecule has 16 nitrogen and oxygen atoms in total. The van der Waals surface area contributed by atoms with E-state index in [9.17, 15) is 22.8 Å². The number of urea groups is 1. The second kappa shape index (κ2) is 17.8. The zero-order chi connectivity index (χ0) is 46.4. The molecule has 4 aliphatic rings. The van der Waals surface area contributed by atoms with E-state index in [0.29, 0.717) is 54.0 Å². The second-order valence-corrected chi connectivity index (χ2v) is 21.9. The molecular formula is C47H63N7O9S. The Morgan fingerprint density at radius 1 is 1.05 bits per heavy atom. The van der Waals surface area contributed by atoms with Crippen molar-refractivity contribution in [3.05, 3.63) is 54.7 Å². The zero-order valence-electron chi connectivity index (χ0n) is 38.3. The Bertz CT molecular complexity index is 2410. The van der Waals surface area contributed by atoms with Crippen LogP contribution in [0.3, 0.4) is 0 Å². The first-order valence-electron chi connectivity index (χ1n) is 22.3. The number of methoxy groups -OCH3 is 1. The van der Waals surface area contributed by atoms with Crippen LogP contribution < -0.4 is 34.9 Å². The third kappa shape index (κ3) is 10.2. The van der Waals surface area contributed by atoms with Gasteiger partial charge < -0.3 is 35.1 Å². The monoisotopic (exact) mass is 901 g/mol. The van der Waals surface area contributed by atoms with Crippen LogP contribution in [0.2, 0.25) is 0 Å². The van der Waals surface area contributed by atoms with Crippen LogP contribution in [0.4, 0.5) is 4.79 Å². The highest BCUT2D eigenvalue weighted by Gasteiger charge is 2.63. The smallest absolute Gasteiger partial charge is 0.315 e. The van der Waals surface area contributed by atoms with Crippen molar-refractivity contribution in [1.29, 1.82) is 0 Å². The summed E-state index contributed by atoms with van der Waals surface area (Å²) in [5, 5.41) is 10.2. The molecule has 2 aromatic heterocycles.